The maximum atomic E-state index is 9.69. The lowest BCUT2D eigenvalue weighted by molar-refractivity contribution is -0.00000981. The first-order valence-corrected chi connectivity index (χ1v) is 16.5. The topological polar surface area (TPSA) is 85.5 Å². The number of aromatic nitrogens is 4. The smallest absolute Gasteiger partial charge is 0.385 e. The van der Waals surface area contributed by atoms with E-state index < -0.39 is 0 Å². The Morgan fingerprint density at radius 3 is 1.08 bits per heavy atom. The third-order valence-corrected chi connectivity index (χ3v) is 9.19. The molecule has 0 radical (unpaired) electrons. The molecule has 0 atom stereocenters. The van der Waals surface area contributed by atoms with Crippen molar-refractivity contribution in [1.82, 2.24) is 19.9 Å². The molecule has 2 N–H and O–H groups in total. The summed E-state index contributed by atoms with van der Waals surface area (Å²) in [4.78, 5) is 21.7. The van der Waals surface area contributed by atoms with Gasteiger partial charge in [0.1, 0.15) is 0 Å². The molecule has 2 aliphatic heterocycles. The molecule has 3 aromatic heterocycles. The maximum absolute atomic E-state index is 9.69. The molecule has 0 saturated heterocycles. The number of fused-ring (bicyclic) bond motifs is 8. The van der Waals surface area contributed by atoms with Crippen molar-refractivity contribution in [2.75, 3.05) is 0 Å². The van der Waals surface area contributed by atoms with Crippen LogP contribution in [0.25, 0.3) is 95.9 Å². The van der Waals surface area contributed by atoms with Crippen molar-refractivity contribution in [3.63, 3.8) is 0 Å². The van der Waals surface area contributed by atoms with E-state index >= 15 is 0 Å². The standard InChI is InChI=1S/C44H28N6.ClH/c45-50-32-18-10-17-31(27-32)44-39-25-23-37(48-39)42(29-13-6-2-7-14-29)35-21-19-33(46-35)41(28-11-4-1-5-12-28)34-20-22-36(47-34)43(30-15-8-3-9-16-30)38-24-26-40(44)49-38;/h1-27,45H;1H. The van der Waals surface area contributed by atoms with E-state index in [0.717, 1.165) is 89.4 Å². The van der Waals surface area contributed by atoms with Gasteiger partial charge in [0.05, 0.1) is 22.8 Å². The Balaban J connectivity index is 0.00000374. The first-order chi connectivity index (χ1) is 24.7. The highest BCUT2D eigenvalue weighted by molar-refractivity contribution is 5.99. The zero-order valence-corrected chi connectivity index (χ0v) is 28.0. The van der Waals surface area contributed by atoms with Crippen molar-refractivity contribution in [2.24, 2.45) is 0 Å². The monoisotopic (exact) mass is 676 g/mol. The van der Waals surface area contributed by atoms with Crippen LogP contribution in [-0.2, 0) is 0 Å². The Morgan fingerprint density at radius 2 is 0.725 bits per heavy atom. The Kier molecular flexibility index (Phi) is 8.17. The first-order valence-electron chi connectivity index (χ1n) is 16.5. The summed E-state index contributed by atoms with van der Waals surface area (Å²) in [5, 5.41) is 9.69. The minimum Gasteiger partial charge on any atom is -1.00 e. The average molecular weight is 677 g/mol. The van der Waals surface area contributed by atoms with Crippen molar-refractivity contribution in [2.45, 2.75) is 0 Å². The highest BCUT2D eigenvalue weighted by Crippen LogP contribution is 2.38. The van der Waals surface area contributed by atoms with Crippen molar-refractivity contribution >= 4 is 52.1 Å². The molecule has 0 amide bonds. The minimum absolute atomic E-state index is 0. The zero-order chi connectivity index (χ0) is 33.4. The van der Waals surface area contributed by atoms with Crippen LogP contribution >= 0.6 is 0 Å². The third-order valence-electron chi connectivity index (χ3n) is 9.19. The lowest BCUT2D eigenvalue weighted by Crippen LogP contribution is -3.00. The van der Waals surface area contributed by atoms with Gasteiger partial charge in [0, 0.05) is 56.5 Å². The van der Waals surface area contributed by atoms with Gasteiger partial charge < -0.3 is 22.4 Å². The van der Waals surface area contributed by atoms with Crippen molar-refractivity contribution < 1.29 is 12.4 Å². The van der Waals surface area contributed by atoms with Gasteiger partial charge in [-0.05, 0) is 70.8 Å². The summed E-state index contributed by atoms with van der Waals surface area (Å²) in [6, 6.07) is 47.1. The van der Waals surface area contributed by atoms with Crippen molar-refractivity contribution in [1.29, 1.82) is 5.39 Å². The number of nitrogens with zero attached hydrogens (tertiary/aromatic N) is 4. The van der Waals surface area contributed by atoms with Gasteiger partial charge in [-0.3, -0.25) is 0 Å². The Labute approximate surface area is 300 Å². The molecule has 0 aliphatic carbocycles. The highest BCUT2D eigenvalue weighted by atomic mass is 35.5. The Morgan fingerprint density at radius 1 is 0.392 bits per heavy atom. The molecule has 4 aromatic carbocycles. The number of nitrogens with one attached hydrogen (secondary N) is 2. The number of aromatic amines is 2. The Hall–Kier alpha value is -6.81. The molecule has 8 bridgehead atoms. The molecular formula is C44H29ClN6. The molecular weight excluding hydrogens is 648 g/mol. The Bertz CT molecular complexity index is 2660. The third kappa shape index (κ3) is 5.72. The van der Waals surface area contributed by atoms with E-state index in [1.165, 1.54) is 0 Å². The van der Waals surface area contributed by atoms with Gasteiger partial charge >= 0.3 is 5.69 Å². The van der Waals surface area contributed by atoms with Crippen LogP contribution in [0.4, 0.5) is 5.69 Å². The van der Waals surface area contributed by atoms with Crippen LogP contribution in [0.2, 0.25) is 0 Å². The molecule has 7 heteroatoms. The normalized spacial score (nSPS) is 11.6. The fourth-order valence-electron chi connectivity index (χ4n) is 6.96. The van der Waals surface area contributed by atoms with Crippen LogP contribution in [0, 0.1) is 5.39 Å². The van der Waals surface area contributed by atoms with E-state index in [4.69, 9.17) is 9.97 Å². The minimum atomic E-state index is 0. The van der Waals surface area contributed by atoms with Gasteiger partial charge in [-0.25, -0.2) is 9.97 Å². The van der Waals surface area contributed by atoms with E-state index in [1.54, 1.807) is 6.07 Å². The van der Waals surface area contributed by atoms with Crippen LogP contribution in [0.1, 0.15) is 22.8 Å². The molecule has 0 unspecified atom stereocenters. The molecule has 242 valence electrons. The van der Waals surface area contributed by atoms with Crippen LogP contribution in [0.3, 0.4) is 0 Å². The first kappa shape index (κ1) is 31.5. The summed E-state index contributed by atoms with van der Waals surface area (Å²) in [5.74, 6) is 0. The van der Waals surface area contributed by atoms with E-state index in [0.29, 0.717) is 5.69 Å². The number of benzene rings is 4. The SMILES string of the molecule is N#[N+]c1cccc(-c2c3nc(c(-c4ccccc4)c4ccc([nH]4)c(-c4ccccc4)c4nc(c(-c5ccccc5)c5ccc2[nH]5)C=C4)C=C3)c1.[Cl-]. The van der Waals surface area contributed by atoms with Crippen molar-refractivity contribution in [3.05, 3.63) is 167 Å². The molecule has 7 aromatic rings. The molecule has 0 spiro atoms. The average Bonchev–Trinajstić information content (AvgIpc) is 4.01. The van der Waals surface area contributed by atoms with Crippen LogP contribution in [0.5, 0.6) is 0 Å². The highest BCUT2D eigenvalue weighted by Gasteiger charge is 2.19. The molecule has 9 rings (SSSR count). The quantitative estimate of drug-likeness (QED) is 0.183. The number of diazo groups is 1. The zero-order valence-electron chi connectivity index (χ0n) is 27.3. The van der Waals surface area contributed by atoms with Gasteiger partial charge in [-0.15, -0.1) is 0 Å². The van der Waals surface area contributed by atoms with E-state index in [9.17, 15) is 5.39 Å². The van der Waals surface area contributed by atoms with Crippen molar-refractivity contribution in [3.8, 4) is 44.5 Å². The number of halogens is 1. The van der Waals surface area contributed by atoms with Gasteiger partial charge in [0.25, 0.3) is 0 Å². The maximum Gasteiger partial charge on any atom is 0.385 e. The van der Waals surface area contributed by atoms with Crippen LogP contribution in [-0.4, -0.2) is 19.9 Å². The lowest BCUT2D eigenvalue weighted by Gasteiger charge is -2.06. The summed E-state index contributed by atoms with van der Waals surface area (Å²) in [6.07, 6.45) is 8.35. The largest absolute Gasteiger partial charge is 1.00 e. The molecule has 0 fully saturated rings. The predicted octanol–water partition coefficient (Wildman–Crippen LogP) is 8.81. The summed E-state index contributed by atoms with van der Waals surface area (Å²) in [7, 11) is 0. The number of H-pyrrole nitrogens is 2. The predicted molar refractivity (Wildman–Crippen MR) is 205 cm³/mol. The number of hydrogen-bond donors (Lipinski definition) is 2. The van der Waals surface area contributed by atoms with E-state index in [1.807, 2.05) is 36.4 Å². The summed E-state index contributed by atoms with van der Waals surface area (Å²) in [5.41, 5.74) is 15.5. The summed E-state index contributed by atoms with van der Waals surface area (Å²) < 4.78 is 0. The molecule has 51 heavy (non-hydrogen) atoms. The molecule has 0 saturated carbocycles. The molecule has 2 aliphatic rings. The lowest BCUT2D eigenvalue weighted by atomic mass is 10.0. The van der Waals surface area contributed by atoms with E-state index in [2.05, 4.69) is 136 Å². The second-order valence-electron chi connectivity index (χ2n) is 12.3. The molecule has 6 nitrogen and oxygen atoms in total. The fourth-order valence-corrected chi connectivity index (χ4v) is 6.96. The van der Waals surface area contributed by atoms with E-state index in [-0.39, 0.29) is 12.4 Å². The molecule has 5 heterocycles. The second-order valence-corrected chi connectivity index (χ2v) is 12.3. The summed E-state index contributed by atoms with van der Waals surface area (Å²) >= 11 is 0. The second kappa shape index (κ2) is 13.2. The number of hydrogen-bond acceptors (Lipinski definition) is 3. The summed E-state index contributed by atoms with van der Waals surface area (Å²) in [6.45, 7) is 0. The fraction of sp³-hybridized carbons (Fsp3) is 0. The van der Waals surface area contributed by atoms with Crippen LogP contribution in [0.15, 0.2) is 140 Å². The van der Waals surface area contributed by atoms with Crippen LogP contribution < -0.4 is 12.4 Å². The van der Waals surface area contributed by atoms with Gasteiger partial charge in [-0.1, -0.05) is 103 Å². The van der Waals surface area contributed by atoms with Gasteiger partial charge in [0.2, 0.25) is 5.39 Å². The van der Waals surface area contributed by atoms with Gasteiger partial charge in [-0.2, -0.15) is 0 Å². The number of rotatable bonds is 4. The van der Waals surface area contributed by atoms with Gasteiger partial charge in [0.15, 0.2) is 4.98 Å².